The molecule has 3 aliphatic rings. The van der Waals surface area contributed by atoms with Gasteiger partial charge in [0.2, 0.25) is 0 Å². The van der Waals surface area contributed by atoms with E-state index in [2.05, 4.69) is 57.7 Å². The lowest BCUT2D eigenvalue weighted by atomic mass is 10.0. The standard InChI is InChI=1S/C24H32N4O2/c1-17-7-19-11-25-3-5-27(15-25)13-21-9-18(2)10-22(24(21)30)14-28-6-4-26(16-28)12-20(8-17)23(19)29/h7-10,29-30H,3-6,11-16H2,1-2H3. The van der Waals surface area contributed by atoms with Crippen LogP contribution in [-0.2, 0) is 26.2 Å². The minimum Gasteiger partial charge on any atom is -0.507 e. The second kappa shape index (κ2) is 7.85. The lowest BCUT2D eigenvalue weighted by Gasteiger charge is -2.24. The van der Waals surface area contributed by atoms with Crippen LogP contribution in [0.3, 0.4) is 0 Å². The number of fused-ring (bicyclic) bond motifs is 8. The maximum atomic E-state index is 11.0. The third-order valence-electron chi connectivity index (χ3n) is 6.66. The zero-order valence-corrected chi connectivity index (χ0v) is 18.1. The Kier molecular flexibility index (Phi) is 5.19. The van der Waals surface area contributed by atoms with Crippen LogP contribution >= 0.6 is 0 Å². The first-order valence-corrected chi connectivity index (χ1v) is 11.0. The van der Waals surface area contributed by atoms with Crippen molar-refractivity contribution in [3.8, 4) is 11.5 Å². The van der Waals surface area contributed by atoms with Crippen molar-refractivity contribution < 1.29 is 10.2 Å². The van der Waals surface area contributed by atoms with Crippen LogP contribution in [0.2, 0.25) is 0 Å². The van der Waals surface area contributed by atoms with Gasteiger partial charge in [-0.15, -0.1) is 0 Å². The fraction of sp³-hybridized carbons (Fsp3) is 0.500. The minimum atomic E-state index is 0.461. The largest absolute Gasteiger partial charge is 0.507 e. The Balaban J connectivity index is 1.50. The quantitative estimate of drug-likeness (QED) is 0.699. The Morgan fingerprint density at radius 2 is 0.800 bits per heavy atom. The van der Waals surface area contributed by atoms with Gasteiger partial charge in [0, 0.05) is 74.6 Å². The normalized spacial score (nSPS) is 28.6. The van der Waals surface area contributed by atoms with E-state index in [0.717, 1.165) is 87.9 Å². The maximum absolute atomic E-state index is 11.0. The molecule has 6 heteroatoms. The Labute approximate surface area is 178 Å². The molecule has 0 aromatic heterocycles. The molecule has 5 rings (SSSR count). The number of hydrogen-bond donors (Lipinski definition) is 2. The Bertz CT molecular complexity index is 817. The number of phenolic OH excluding ortho intramolecular Hbond substituents is 2. The lowest BCUT2D eigenvalue weighted by molar-refractivity contribution is 0.223. The summed E-state index contributed by atoms with van der Waals surface area (Å²) in [6, 6.07) is 8.50. The average Bonchev–Trinajstić information content (AvgIpc) is 3.31. The fourth-order valence-electron chi connectivity index (χ4n) is 5.24. The van der Waals surface area contributed by atoms with Gasteiger partial charge in [0.15, 0.2) is 0 Å². The van der Waals surface area contributed by atoms with E-state index < -0.39 is 0 Å². The van der Waals surface area contributed by atoms with E-state index >= 15 is 0 Å². The molecule has 0 radical (unpaired) electrons. The van der Waals surface area contributed by atoms with E-state index in [1.807, 2.05) is 0 Å². The van der Waals surface area contributed by atoms with E-state index in [9.17, 15) is 10.2 Å². The molecule has 0 saturated carbocycles. The Morgan fingerprint density at radius 1 is 0.533 bits per heavy atom. The molecule has 4 unspecified atom stereocenters. The molecule has 2 aromatic rings. The van der Waals surface area contributed by atoms with Gasteiger partial charge in [0.05, 0.1) is 13.3 Å². The summed E-state index contributed by atoms with van der Waals surface area (Å²) in [5, 5.41) is 22.0. The van der Waals surface area contributed by atoms with Crippen molar-refractivity contribution in [3.63, 3.8) is 0 Å². The maximum Gasteiger partial charge on any atom is 0.124 e. The van der Waals surface area contributed by atoms with E-state index in [4.69, 9.17) is 0 Å². The second-order valence-electron chi connectivity index (χ2n) is 9.36. The number of rotatable bonds is 0. The van der Waals surface area contributed by atoms with Gasteiger partial charge in [-0.3, -0.25) is 19.6 Å². The van der Waals surface area contributed by atoms with Gasteiger partial charge in [-0.1, -0.05) is 35.4 Å². The number of hydrogen-bond acceptors (Lipinski definition) is 6. The van der Waals surface area contributed by atoms with Crippen molar-refractivity contribution in [3.05, 3.63) is 57.6 Å². The van der Waals surface area contributed by atoms with E-state index in [-0.39, 0.29) is 0 Å². The van der Waals surface area contributed by atoms with Crippen LogP contribution in [0, 0.1) is 13.8 Å². The smallest absolute Gasteiger partial charge is 0.124 e. The lowest BCUT2D eigenvalue weighted by Crippen LogP contribution is -2.27. The van der Waals surface area contributed by atoms with Crippen LogP contribution in [0.15, 0.2) is 24.3 Å². The van der Waals surface area contributed by atoms with Crippen LogP contribution < -0.4 is 0 Å². The molecule has 3 heterocycles. The van der Waals surface area contributed by atoms with Gasteiger partial charge < -0.3 is 10.2 Å². The first-order chi connectivity index (χ1) is 14.4. The summed E-state index contributed by atoms with van der Waals surface area (Å²) in [4.78, 5) is 9.54. The van der Waals surface area contributed by atoms with Crippen LogP contribution in [0.5, 0.6) is 11.5 Å². The second-order valence-corrected chi connectivity index (χ2v) is 9.36. The summed E-state index contributed by atoms with van der Waals surface area (Å²) in [6.07, 6.45) is 0. The Morgan fingerprint density at radius 3 is 1.07 bits per heavy atom. The van der Waals surface area contributed by atoms with Crippen molar-refractivity contribution >= 4 is 0 Å². The molecular weight excluding hydrogens is 376 g/mol. The SMILES string of the molecule is Cc1cc2c(O)c(c1)CN1CCN(Cc3cc(C)cc(c3O)CN3CCN(C2)C3)C1. The van der Waals surface area contributed by atoms with Crippen LogP contribution in [-0.4, -0.2) is 69.3 Å². The highest BCUT2D eigenvalue weighted by atomic mass is 16.3. The molecule has 0 spiro atoms. The molecule has 2 N–H and O–H groups in total. The monoisotopic (exact) mass is 408 g/mol. The summed E-state index contributed by atoms with van der Waals surface area (Å²) >= 11 is 0. The molecule has 2 saturated heterocycles. The average molecular weight is 409 g/mol. The minimum absolute atomic E-state index is 0.461. The summed E-state index contributed by atoms with van der Waals surface area (Å²) in [5.41, 5.74) is 6.51. The predicted molar refractivity (Wildman–Crippen MR) is 117 cm³/mol. The van der Waals surface area contributed by atoms with Gasteiger partial charge in [0.25, 0.3) is 0 Å². The topological polar surface area (TPSA) is 53.4 Å². The molecular formula is C24H32N4O2. The molecule has 160 valence electrons. The number of nitrogens with zero attached hydrogens (tertiary/aromatic N) is 4. The molecule has 8 bridgehead atoms. The predicted octanol–water partition coefficient (Wildman–Crippen LogP) is 2.58. The van der Waals surface area contributed by atoms with Crippen molar-refractivity contribution in [2.24, 2.45) is 0 Å². The van der Waals surface area contributed by atoms with Gasteiger partial charge in [-0.2, -0.15) is 0 Å². The summed E-state index contributed by atoms with van der Waals surface area (Å²) in [6.45, 7) is 12.9. The molecule has 0 amide bonds. The van der Waals surface area contributed by atoms with Gasteiger partial charge in [-0.05, 0) is 13.8 Å². The summed E-state index contributed by atoms with van der Waals surface area (Å²) in [7, 11) is 0. The summed E-state index contributed by atoms with van der Waals surface area (Å²) < 4.78 is 0. The highest BCUT2D eigenvalue weighted by Crippen LogP contribution is 2.31. The zero-order chi connectivity index (χ0) is 20.8. The van der Waals surface area contributed by atoms with Crippen molar-refractivity contribution in [1.29, 1.82) is 0 Å². The highest BCUT2D eigenvalue weighted by molar-refractivity contribution is 5.45. The van der Waals surface area contributed by atoms with Crippen LogP contribution in [0.4, 0.5) is 0 Å². The molecule has 6 nitrogen and oxygen atoms in total. The molecule has 0 aliphatic carbocycles. The molecule has 2 aromatic carbocycles. The molecule has 30 heavy (non-hydrogen) atoms. The third-order valence-corrected chi connectivity index (χ3v) is 6.66. The molecule has 4 atom stereocenters. The fourth-order valence-corrected chi connectivity index (χ4v) is 5.24. The first kappa shape index (κ1) is 19.8. The van der Waals surface area contributed by atoms with Crippen molar-refractivity contribution in [2.45, 2.75) is 40.0 Å². The first-order valence-electron chi connectivity index (χ1n) is 11.0. The van der Waals surface area contributed by atoms with Crippen molar-refractivity contribution in [1.82, 2.24) is 19.6 Å². The van der Waals surface area contributed by atoms with Gasteiger partial charge in [0.1, 0.15) is 11.5 Å². The van der Waals surface area contributed by atoms with Gasteiger partial charge in [-0.25, -0.2) is 0 Å². The number of benzene rings is 2. The Hall–Kier alpha value is -2.12. The molecule has 2 fully saturated rings. The number of aryl methyl sites for hydroxylation is 2. The van der Waals surface area contributed by atoms with Gasteiger partial charge >= 0.3 is 0 Å². The highest BCUT2D eigenvalue weighted by Gasteiger charge is 2.26. The van der Waals surface area contributed by atoms with E-state index in [1.54, 1.807) is 0 Å². The number of aromatic hydroxyl groups is 2. The molecule has 3 aliphatic heterocycles. The van der Waals surface area contributed by atoms with E-state index in [0.29, 0.717) is 11.5 Å². The summed E-state index contributed by atoms with van der Waals surface area (Å²) in [5.74, 6) is 0.922. The van der Waals surface area contributed by atoms with Crippen LogP contribution in [0.1, 0.15) is 33.4 Å². The zero-order valence-electron chi connectivity index (χ0n) is 18.1. The van der Waals surface area contributed by atoms with Crippen LogP contribution in [0.25, 0.3) is 0 Å². The van der Waals surface area contributed by atoms with E-state index in [1.165, 1.54) is 11.1 Å². The van der Waals surface area contributed by atoms with Crippen molar-refractivity contribution in [2.75, 3.05) is 39.5 Å². The number of phenols is 2. The third kappa shape index (κ3) is 3.93.